The third-order valence-corrected chi connectivity index (χ3v) is 3.95. The van der Waals surface area contributed by atoms with E-state index in [1.165, 1.54) is 16.7 Å². The van der Waals surface area contributed by atoms with Gasteiger partial charge in [-0.3, -0.25) is 0 Å². The van der Waals surface area contributed by atoms with Crippen molar-refractivity contribution in [1.29, 1.82) is 0 Å². The first-order chi connectivity index (χ1) is 10.5. The molecule has 0 radical (unpaired) electrons. The number of ether oxygens (including phenoxy) is 1. The van der Waals surface area contributed by atoms with Crippen LogP contribution in [-0.2, 0) is 0 Å². The number of nitrogens with one attached hydrogen (secondary N) is 2. The van der Waals surface area contributed by atoms with Crippen molar-refractivity contribution in [2.24, 2.45) is 0 Å². The van der Waals surface area contributed by atoms with Crippen molar-refractivity contribution >= 4 is 23.0 Å². The Hall–Kier alpha value is -2.07. The van der Waals surface area contributed by atoms with Crippen LogP contribution in [0, 0.1) is 13.8 Å². The topological polar surface area (TPSA) is 33.3 Å². The van der Waals surface area contributed by atoms with Crippen molar-refractivity contribution in [2.75, 3.05) is 12.4 Å². The van der Waals surface area contributed by atoms with Gasteiger partial charge < -0.3 is 15.4 Å². The lowest BCUT2D eigenvalue weighted by atomic mass is 10.0. The zero-order valence-electron chi connectivity index (χ0n) is 13.4. The monoisotopic (exact) mass is 314 g/mol. The minimum Gasteiger partial charge on any atom is -0.495 e. The molecule has 2 N–H and O–H groups in total. The van der Waals surface area contributed by atoms with Crippen LogP contribution in [0.25, 0.3) is 0 Å². The highest BCUT2D eigenvalue weighted by atomic mass is 32.1. The van der Waals surface area contributed by atoms with Crippen LogP contribution in [0.4, 0.5) is 5.69 Å². The number of benzene rings is 2. The summed E-state index contributed by atoms with van der Waals surface area (Å²) in [5.74, 6) is 0.769. The molecule has 0 aliphatic heterocycles. The zero-order chi connectivity index (χ0) is 16.1. The number of aryl methyl sites for hydroxylation is 2. The van der Waals surface area contributed by atoms with Gasteiger partial charge in [-0.15, -0.1) is 0 Å². The smallest absolute Gasteiger partial charge is 0.171 e. The van der Waals surface area contributed by atoms with Gasteiger partial charge >= 0.3 is 0 Å². The number of para-hydroxylation sites is 2. The molecule has 0 bridgehead atoms. The van der Waals surface area contributed by atoms with Crippen molar-refractivity contribution < 1.29 is 4.74 Å². The highest BCUT2D eigenvalue weighted by Gasteiger charge is 2.09. The molecule has 4 heteroatoms. The van der Waals surface area contributed by atoms with Crippen molar-refractivity contribution in [3.05, 3.63) is 59.2 Å². The van der Waals surface area contributed by atoms with Gasteiger partial charge in [-0.2, -0.15) is 0 Å². The fourth-order valence-corrected chi connectivity index (χ4v) is 2.51. The molecule has 0 spiro atoms. The lowest BCUT2D eigenvalue weighted by Gasteiger charge is -2.19. The molecule has 3 nitrogen and oxygen atoms in total. The van der Waals surface area contributed by atoms with Crippen LogP contribution in [0.5, 0.6) is 5.75 Å². The number of anilines is 1. The van der Waals surface area contributed by atoms with E-state index in [4.69, 9.17) is 17.0 Å². The molecule has 2 rings (SSSR count). The Morgan fingerprint density at radius 2 is 1.82 bits per heavy atom. The van der Waals surface area contributed by atoms with Crippen molar-refractivity contribution in [3.8, 4) is 5.75 Å². The number of rotatable bonds is 4. The first-order valence-corrected chi connectivity index (χ1v) is 7.69. The predicted octanol–water partition coefficient (Wildman–Crippen LogP) is 4.36. The largest absolute Gasteiger partial charge is 0.495 e. The van der Waals surface area contributed by atoms with Crippen LogP contribution in [0.2, 0.25) is 0 Å². The van der Waals surface area contributed by atoms with Crippen LogP contribution in [0.3, 0.4) is 0 Å². The molecule has 0 aliphatic rings. The Balaban J connectivity index is 2.03. The summed E-state index contributed by atoms with van der Waals surface area (Å²) in [6.45, 7) is 6.34. The summed E-state index contributed by atoms with van der Waals surface area (Å²) in [5.41, 5.74) is 4.66. The molecule has 0 aromatic heterocycles. The highest BCUT2D eigenvalue weighted by molar-refractivity contribution is 7.80. The second kappa shape index (κ2) is 7.27. The van der Waals surface area contributed by atoms with Crippen LogP contribution in [0.15, 0.2) is 42.5 Å². The van der Waals surface area contributed by atoms with E-state index in [0.29, 0.717) is 5.11 Å². The Morgan fingerprint density at radius 1 is 1.09 bits per heavy atom. The lowest BCUT2D eigenvalue weighted by Crippen LogP contribution is -2.31. The first kappa shape index (κ1) is 16.3. The third-order valence-electron chi connectivity index (χ3n) is 3.73. The fraction of sp³-hybridized carbons (Fsp3) is 0.278. The van der Waals surface area contributed by atoms with E-state index in [1.54, 1.807) is 7.11 Å². The number of thiocarbonyl (C=S) groups is 1. The molecule has 0 saturated heterocycles. The molecular formula is C18H22N2OS. The number of hydrogen-bond acceptors (Lipinski definition) is 2. The normalized spacial score (nSPS) is 11.6. The standard InChI is InChI=1S/C18H22N2OS/c1-12-9-10-15(11-13(12)2)14(3)19-18(22)20-16-7-5-6-8-17(16)21-4/h5-11,14H,1-4H3,(H2,19,20,22). The minimum atomic E-state index is 0.133. The van der Waals surface area contributed by atoms with Gasteiger partial charge in [-0.1, -0.05) is 30.3 Å². The summed E-state index contributed by atoms with van der Waals surface area (Å²) in [6.07, 6.45) is 0. The molecule has 1 atom stereocenters. The van der Waals surface area contributed by atoms with Gasteiger partial charge in [0.25, 0.3) is 0 Å². The van der Waals surface area contributed by atoms with E-state index >= 15 is 0 Å². The molecule has 0 fully saturated rings. The maximum Gasteiger partial charge on any atom is 0.171 e. The van der Waals surface area contributed by atoms with Crippen molar-refractivity contribution in [2.45, 2.75) is 26.8 Å². The SMILES string of the molecule is COc1ccccc1NC(=S)NC(C)c1ccc(C)c(C)c1. The predicted molar refractivity (Wildman–Crippen MR) is 96.7 cm³/mol. The first-order valence-electron chi connectivity index (χ1n) is 7.29. The molecule has 22 heavy (non-hydrogen) atoms. The quantitative estimate of drug-likeness (QED) is 0.822. The highest BCUT2D eigenvalue weighted by Crippen LogP contribution is 2.23. The average Bonchev–Trinajstić information content (AvgIpc) is 2.50. The summed E-state index contributed by atoms with van der Waals surface area (Å²) in [5, 5.41) is 7.07. The Bertz CT molecular complexity index is 670. The summed E-state index contributed by atoms with van der Waals surface area (Å²) in [7, 11) is 1.65. The summed E-state index contributed by atoms with van der Waals surface area (Å²) in [6, 6.07) is 14.3. The van der Waals surface area contributed by atoms with Gasteiger partial charge in [0, 0.05) is 0 Å². The summed E-state index contributed by atoms with van der Waals surface area (Å²) in [4.78, 5) is 0. The van der Waals surface area contributed by atoms with E-state index in [-0.39, 0.29) is 6.04 Å². The molecule has 0 heterocycles. The van der Waals surface area contributed by atoms with Gasteiger partial charge in [-0.05, 0) is 61.8 Å². The number of hydrogen-bond donors (Lipinski definition) is 2. The van der Waals surface area contributed by atoms with Crippen molar-refractivity contribution in [3.63, 3.8) is 0 Å². The number of methoxy groups -OCH3 is 1. The van der Waals surface area contributed by atoms with Crippen LogP contribution in [-0.4, -0.2) is 12.2 Å². The molecule has 2 aromatic rings. The third kappa shape index (κ3) is 3.98. The Morgan fingerprint density at radius 3 is 2.50 bits per heavy atom. The van der Waals surface area contributed by atoms with E-state index < -0.39 is 0 Å². The van der Waals surface area contributed by atoms with E-state index in [9.17, 15) is 0 Å². The zero-order valence-corrected chi connectivity index (χ0v) is 14.3. The molecule has 1 unspecified atom stereocenters. The molecule has 2 aromatic carbocycles. The van der Waals surface area contributed by atoms with Gasteiger partial charge in [0.1, 0.15) is 5.75 Å². The second-order valence-corrected chi connectivity index (χ2v) is 5.77. The molecular weight excluding hydrogens is 292 g/mol. The maximum absolute atomic E-state index is 5.40. The Kier molecular flexibility index (Phi) is 5.39. The Labute approximate surface area is 137 Å². The van der Waals surface area contributed by atoms with Gasteiger partial charge in [0.2, 0.25) is 0 Å². The van der Waals surface area contributed by atoms with E-state index in [1.807, 2.05) is 24.3 Å². The van der Waals surface area contributed by atoms with Crippen molar-refractivity contribution in [1.82, 2.24) is 5.32 Å². The molecule has 0 saturated carbocycles. The van der Waals surface area contributed by atoms with Gasteiger partial charge in [0.15, 0.2) is 5.11 Å². The summed E-state index contributed by atoms with van der Waals surface area (Å²) >= 11 is 5.40. The minimum absolute atomic E-state index is 0.133. The molecule has 0 aliphatic carbocycles. The van der Waals surface area contributed by atoms with Crippen LogP contribution >= 0.6 is 12.2 Å². The molecule has 116 valence electrons. The fourth-order valence-electron chi connectivity index (χ4n) is 2.22. The van der Waals surface area contributed by atoms with E-state index in [0.717, 1.165) is 11.4 Å². The average molecular weight is 314 g/mol. The van der Waals surface area contributed by atoms with Crippen LogP contribution < -0.4 is 15.4 Å². The van der Waals surface area contributed by atoms with Crippen LogP contribution in [0.1, 0.15) is 29.7 Å². The second-order valence-electron chi connectivity index (χ2n) is 5.36. The molecule has 0 amide bonds. The maximum atomic E-state index is 5.40. The van der Waals surface area contributed by atoms with E-state index in [2.05, 4.69) is 49.6 Å². The lowest BCUT2D eigenvalue weighted by molar-refractivity contribution is 0.417. The summed E-state index contributed by atoms with van der Waals surface area (Å²) < 4.78 is 5.31. The van der Waals surface area contributed by atoms with Gasteiger partial charge in [-0.25, -0.2) is 0 Å². The van der Waals surface area contributed by atoms with Gasteiger partial charge in [0.05, 0.1) is 18.8 Å².